The first-order valence-corrected chi connectivity index (χ1v) is 7.08. The van der Waals surface area contributed by atoms with E-state index in [2.05, 4.69) is 11.1 Å². The van der Waals surface area contributed by atoms with Crippen molar-refractivity contribution in [3.05, 3.63) is 51.8 Å². The first kappa shape index (κ1) is 16.0. The maximum Gasteiger partial charge on any atom is 0.310 e. The van der Waals surface area contributed by atoms with Crippen LogP contribution in [0.3, 0.4) is 0 Å². The van der Waals surface area contributed by atoms with Crippen molar-refractivity contribution in [3.63, 3.8) is 0 Å². The number of hydrogen-bond acceptors (Lipinski definition) is 4. The number of hydrogen-bond donors (Lipinski definition) is 0. The average molecular weight is 315 g/mol. The number of methoxy groups -OCH3 is 1. The fraction of sp³-hybridized carbons (Fsp3) is 0.235. The zero-order valence-electron chi connectivity index (χ0n) is 12.6. The van der Waals surface area contributed by atoms with Gasteiger partial charge >= 0.3 is 5.97 Å². The lowest BCUT2D eigenvalue weighted by Crippen LogP contribution is -2.10. The fourth-order valence-corrected chi connectivity index (χ4v) is 2.52. The largest absolute Gasteiger partial charge is 0.469 e. The number of nitrogens with zero attached hydrogens (tertiary/aromatic N) is 2. The van der Waals surface area contributed by atoms with Crippen molar-refractivity contribution in [1.82, 2.24) is 4.98 Å². The van der Waals surface area contributed by atoms with Gasteiger partial charge < -0.3 is 4.74 Å². The number of carbonyl (C=O) groups is 1. The number of esters is 1. The summed E-state index contributed by atoms with van der Waals surface area (Å²) in [6.45, 7) is 3.62. The van der Waals surface area contributed by atoms with E-state index in [1.54, 1.807) is 19.1 Å². The van der Waals surface area contributed by atoms with E-state index < -0.39 is 0 Å². The van der Waals surface area contributed by atoms with Gasteiger partial charge in [0.15, 0.2) is 0 Å². The fourth-order valence-electron chi connectivity index (χ4n) is 2.39. The Balaban J connectivity index is 2.72. The molecule has 0 saturated heterocycles. The molecule has 5 heteroatoms. The summed E-state index contributed by atoms with van der Waals surface area (Å²) >= 11 is 5.94. The molecule has 0 bridgehead atoms. The lowest BCUT2D eigenvalue weighted by molar-refractivity contribution is -0.139. The van der Waals surface area contributed by atoms with E-state index in [0.29, 0.717) is 16.4 Å². The molecule has 0 atom stereocenters. The smallest absolute Gasteiger partial charge is 0.310 e. The van der Waals surface area contributed by atoms with Gasteiger partial charge in [-0.15, -0.1) is 0 Å². The highest BCUT2D eigenvalue weighted by molar-refractivity contribution is 6.30. The summed E-state index contributed by atoms with van der Waals surface area (Å²) in [6.07, 6.45) is 0.111. The lowest BCUT2D eigenvalue weighted by atomic mass is 9.92. The molecule has 1 aromatic carbocycles. The zero-order valence-corrected chi connectivity index (χ0v) is 13.4. The summed E-state index contributed by atoms with van der Waals surface area (Å²) in [5.41, 5.74) is 4.25. The number of aryl methyl sites for hydroxylation is 1. The highest BCUT2D eigenvalue weighted by Crippen LogP contribution is 2.32. The molecule has 0 unspecified atom stereocenters. The van der Waals surface area contributed by atoms with Gasteiger partial charge in [0.1, 0.15) is 11.8 Å². The van der Waals surface area contributed by atoms with E-state index >= 15 is 0 Å². The third-order valence-corrected chi connectivity index (χ3v) is 3.79. The number of carbonyl (C=O) groups excluding carboxylic acids is 1. The van der Waals surface area contributed by atoms with E-state index in [4.69, 9.17) is 16.3 Å². The van der Waals surface area contributed by atoms with E-state index in [1.165, 1.54) is 7.11 Å². The van der Waals surface area contributed by atoms with Crippen LogP contribution in [-0.2, 0) is 16.0 Å². The first-order valence-electron chi connectivity index (χ1n) is 6.70. The summed E-state index contributed by atoms with van der Waals surface area (Å²) in [5.74, 6) is -0.343. The molecule has 0 aliphatic heterocycles. The number of halogens is 1. The standard InChI is InChI=1S/C17H15ClN2O2/c1-10-15(9-19)20-11(2)14(8-16(21)22-3)17(10)12-4-6-13(18)7-5-12/h4-7H,8H2,1-3H3. The molecule has 0 spiro atoms. The minimum Gasteiger partial charge on any atom is -0.469 e. The van der Waals surface area contributed by atoms with Gasteiger partial charge in [-0.1, -0.05) is 23.7 Å². The minimum absolute atomic E-state index is 0.111. The van der Waals surface area contributed by atoms with Crippen LogP contribution in [0.1, 0.15) is 22.5 Å². The van der Waals surface area contributed by atoms with Crippen LogP contribution in [0.5, 0.6) is 0 Å². The lowest BCUT2D eigenvalue weighted by Gasteiger charge is -2.16. The predicted molar refractivity (Wildman–Crippen MR) is 84.6 cm³/mol. The Morgan fingerprint density at radius 3 is 2.50 bits per heavy atom. The average Bonchev–Trinajstić information content (AvgIpc) is 2.51. The number of aromatic nitrogens is 1. The van der Waals surface area contributed by atoms with Crippen LogP contribution in [0.2, 0.25) is 5.02 Å². The Labute approximate surface area is 134 Å². The van der Waals surface area contributed by atoms with Crippen molar-refractivity contribution < 1.29 is 9.53 Å². The molecular weight excluding hydrogens is 300 g/mol. The predicted octanol–water partition coefficient (Wildman–Crippen LogP) is 3.61. The van der Waals surface area contributed by atoms with Gasteiger partial charge in [-0.25, -0.2) is 4.98 Å². The van der Waals surface area contributed by atoms with Gasteiger partial charge in [0, 0.05) is 10.7 Å². The molecule has 0 saturated carbocycles. The number of ether oxygens (including phenoxy) is 1. The summed E-state index contributed by atoms with van der Waals surface area (Å²) in [6, 6.07) is 9.39. The number of pyridine rings is 1. The second-order valence-electron chi connectivity index (χ2n) is 4.90. The van der Waals surface area contributed by atoms with E-state index in [0.717, 1.165) is 22.3 Å². The van der Waals surface area contributed by atoms with Crippen LogP contribution in [0.4, 0.5) is 0 Å². The molecule has 0 aliphatic carbocycles. The van der Waals surface area contributed by atoms with Crippen LogP contribution in [0, 0.1) is 25.2 Å². The van der Waals surface area contributed by atoms with Crippen LogP contribution in [-0.4, -0.2) is 18.1 Å². The molecule has 0 amide bonds. The number of rotatable bonds is 3. The third-order valence-electron chi connectivity index (χ3n) is 3.54. The molecular formula is C17H15ClN2O2. The highest BCUT2D eigenvalue weighted by atomic mass is 35.5. The van der Waals surface area contributed by atoms with Gasteiger partial charge in [-0.05, 0) is 48.2 Å². The maximum atomic E-state index is 11.7. The number of nitriles is 1. The Morgan fingerprint density at radius 1 is 1.32 bits per heavy atom. The molecule has 4 nitrogen and oxygen atoms in total. The number of benzene rings is 1. The molecule has 0 aliphatic rings. The van der Waals surface area contributed by atoms with Gasteiger partial charge in [0.05, 0.1) is 13.5 Å². The maximum absolute atomic E-state index is 11.7. The summed E-state index contributed by atoms with van der Waals surface area (Å²) in [5, 5.41) is 9.88. The topological polar surface area (TPSA) is 63.0 Å². The molecule has 112 valence electrons. The SMILES string of the molecule is COC(=O)Cc1c(C)nc(C#N)c(C)c1-c1ccc(Cl)cc1. The molecule has 0 N–H and O–H groups in total. The minimum atomic E-state index is -0.343. The normalized spacial score (nSPS) is 10.1. The summed E-state index contributed by atoms with van der Waals surface area (Å²) < 4.78 is 4.76. The van der Waals surface area contributed by atoms with E-state index in [9.17, 15) is 10.1 Å². The molecule has 2 aromatic rings. The Bertz CT molecular complexity index is 762. The monoisotopic (exact) mass is 314 g/mol. The van der Waals surface area contributed by atoms with Crippen LogP contribution < -0.4 is 0 Å². The Hall–Kier alpha value is -2.38. The molecule has 22 heavy (non-hydrogen) atoms. The Kier molecular flexibility index (Phi) is 4.79. The summed E-state index contributed by atoms with van der Waals surface area (Å²) in [4.78, 5) is 16.0. The second-order valence-corrected chi connectivity index (χ2v) is 5.33. The van der Waals surface area contributed by atoms with E-state index in [-0.39, 0.29) is 12.4 Å². The first-order chi connectivity index (χ1) is 10.5. The summed E-state index contributed by atoms with van der Waals surface area (Å²) in [7, 11) is 1.35. The van der Waals surface area contributed by atoms with Crippen LogP contribution >= 0.6 is 11.6 Å². The van der Waals surface area contributed by atoms with Crippen molar-refractivity contribution in [3.8, 4) is 17.2 Å². The Morgan fingerprint density at radius 2 is 1.95 bits per heavy atom. The van der Waals surface area contributed by atoms with Gasteiger partial charge in [-0.3, -0.25) is 4.79 Å². The van der Waals surface area contributed by atoms with Gasteiger partial charge in [-0.2, -0.15) is 5.26 Å². The second kappa shape index (κ2) is 6.59. The third kappa shape index (κ3) is 3.10. The molecule has 1 aromatic heterocycles. The van der Waals surface area contributed by atoms with Gasteiger partial charge in [0.25, 0.3) is 0 Å². The van der Waals surface area contributed by atoms with Crippen molar-refractivity contribution in [1.29, 1.82) is 5.26 Å². The van der Waals surface area contributed by atoms with Crippen LogP contribution in [0.25, 0.3) is 11.1 Å². The molecule has 0 fully saturated rings. The molecule has 2 rings (SSSR count). The zero-order chi connectivity index (χ0) is 16.3. The molecule has 0 radical (unpaired) electrons. The van der Waals surface area contributed by atoms with Crippen molar-refractivity contribution in [2.45, 2.75) is 20.3 Å². The highest BCUT2D eigenvalue weighted by Gasteiger charge is 2.19. The van der Waals surface area contributed by atoms with Gasteiger partial charge in [0.2, 0.25) is 0 Å². The van der Waals surface area contributed by atoms with Crippen molar-refractivity contribution in [2.75, 3.05) is 7.11 Å². The quantitative estimate of drug-likeness (QED) is 0.812. The van der Waals surface area contributed by atoms with Crippen molar-refractivity contribution >= 4 is 17.6 Å². The van der Waals surface area contributed by atoms with Crippen LogP contribution in [0.15, 0.2) is 24.3 Å². The van der Waals surface area contributed by atoms with Crippen molar-refractivity contribution in [2.24, 2.45) is 0 Å². The molecule has 1 heterocycles. The van der Waals surface area contributed by atoms with E-state index in [1.807, 2.05) is 19.1 Å².